The summed E-state index contributed by atoms with van der Waals surface area (Å²) in [5, 5.41) is 0. The number of benzene rings is 2. The number of carbonyl (C=O) groups excluding carboxylic acids is 2. The number of hydrogen-bond acceptors (Lipinski definition) is 6. The van der Waals surface area contributed by atoms with Gasteiger partial charge in [0, 0.05) is 12.1 Å². The molecule has 1 atom stereocenters. The van der Waals surface area contributed by atoms with Crippen LogP contribution < -0.4 is 19.8 Å². The van der Waals surface area contributed by atoms with Gasteiger partial charge in [0.15, 0.2) is 4.80 Å². The van der Waals surface area contributed by atoms with E-state index in [1.165, 1.54) is 4.57 Å². The summed E-state index contributed by atoms with van der Waals surface area (Å²) in [4.78, 5) is 47.1. The third kappa shape index (κ3) is 3.57. The van der Waals surface area contributed by atoms with Gasteiger partial charge < -0.3 is 9.64 Å². The molecule has 0 saturated carbocycles. The molecule has 7 nitrogen and oxygen atoms in total. The Morgan fingerprint density at radius 1 is 1.14 bits per heavy atom. The maximum absolute atomic E-state index is 14.0. The van der Waals surface area contributed by atoms with Crippen molar-refractivity contribution < 1.29 is 14.3 Å². The Bertz CT molecular complexity index is 1580. The molecule has 0 spiro atoms. The van der Waals surface area contributed by atoms with Gasteiger partial charge in [-0.15, -0.1) is 6.58 Å². The van der Waals surface area contributed by atoms with E-state index in [2.05, 4.69) is 11.6 Å². The third-order valence-electron chi connectivity index (χ3n) is 6.07. The smallest absolute Gasteiger partial charge is 0.338 e. The number of aromatic nitrogens is 1. The first-order valence-corrected chi connectivity index (χ1v) is 12.1. The molecule has 0 fully saturated rings. The van der Waals surface area contributed by atoms with Crippen LogP contribution in [-0.4, -0.2) is 29.6 Å². The molecule has 0 bridgehead atoms. The van der Waals surface area contributed by atoms with Crippen molar-refractivity contribution in [1.29, 1.82) is 0 Å². The highest BCUT2D eigenvalue weighted by atomic mass is 32.1. The number of anilines is 1. The molecule has 0 saturated heterocycles. The predicted molar refractivity (Wildman–Crippen MR) is 135 cm³/mol. The normalized spacial score (nSPS) is 18.2. The first kappa shape index (κ1) is 22.7. The largest absolute Gasteiger partial charge is 0.463 e. The minimum Gasteiger partial charge on any atom is -0.463 e. The summed E-state index contributed by atoms with van der Waals surface area (Å²) in [5.74, 6) is -0.769. The van der Waals surface area contributed by atoms with Gasteiger partial charge in [-0.3, -0.25) is 14.2 Å². The highest BCUT2D eigenvalue weighted by molar-refractivity contribution is 7.07. The summed E-state index contributed by atoms with van der Waals surface area (Å²) < 4.78 is 7.13. The average molecular weight is 486 g/mol. The molecule has 2 aliphatic heterocycles. The highest BCUT2D eigenvalue weighted by Gasteiger charge is 2.36. The van der Waals surface area contributed by atoms with Crippen LogP contribution in [0.4, 0.5) is 5.69 Å². The SMILES string of the molecule is C=CCN1C(=O)/C(=c2\sc3n(c2=O)C(c2ccccc2)C(C(=O)OCC)=C(C)N=3)c2ccccc21. The number of nitrogens with zero attached hydrogens (tertiary/aromatic N) is 3. The topological polar surface area (TPSA) is 81.0 Å². The lowest BCUT2D eigenvalue weighted by Gasteiger charge is -2.24. The van der Waals surface area contributed by atoms with Gasteiger partial charge in [-0.2, -0.15) is 0 Å². The highest BCUT2D eigenvalue weighted by Crippen LogP contribution is 2.35. The molecule has 2 aliphatic rings. The van der Waals surface area contributed by atoms with Gasteiger partial charge in [-0.1, -0.05) is 65.9 Å². The second kappa shape index (κ2) is 8.96. The van der Waals surface area contributed by atoms with Gasteiger partial charge in [-0.05, 0) is 25.5 Å². The second-order valence-corrected chi connectivity index (χ2v) is 9.11. The van der Waals surface area contributed by atoms with Crippen molar-refractivity contribution in [2.75, 3.05) is 18.1 Å². The van der Waals surface area contributed by atoms with Crippen LogP contribution in [0.2, 0.25) is 0 Å². The first-order chi connectivity index (χ1) is 17.0. The molecule has 35 heavy (non-hydrogen) atoms. The molecule has 3 heterocycles. The minimum atomic E-state index is -0.711. The van der Waals surface area contributed by atoms with E-state index < -0.39 is 12.0 Å². The summed E-state index contributed by atoms with van der Waals surface area (Å²) in [6.45, 7) is 7.77. The van der Waals surface area contributed by atoms with Crippen LogP contribution >= 0.6 is 11.3 Å². The Hall–Kier alpha value is -4.04. The number of allylic oxidation sites excluding steroid dienone is 1. The maximum Gasteiger partial charge on any atom is 0.338 e. The fourth-order valence-electron chi connectivity index (χ4n) is 4.60. The van der Waals surface area contributed by atoms with E-state index in [9.17, 15) is 14.4 Å². The number of hydrogen-bond donors (Lipinski definition) is 0. The molecule has 3 aromatic rings. The summed E-state index contributed by atoms with van der Waals surface area (Å²) >= 11 is 1.16. The van der Waals surface area contributed by atoms with E-state index >= 15 is 0 Å². The van der Waals surface area contributed by atoms with E-state index in [-0.39, 0.29) is 18.1 Å². The van der Waals surface area contributed by atoms with Crippen LogP contribution in [0.1, 0.15) is 31.0 Å². The minimum absolute atomic E-state index is 0.204. The quantitative estimate of drug-likeness (QED) is 0.411. The summed E-state index contributed by atoms with van der Waals surface area (Å²) in [7, 11) is 0. The Balaban J connectivity index is 1.82. The van der Waals surface area contributed by atoms with Crippen LogP contribution in [0.25, 0.3) is 5.57 Å². The lowest BCUT2D eigenvalue weighted by molar-refractivity contribution is -0.139. The number of rotatable bonds is 5. The van der Waals surface area contributed by atoms with Crippen LogP contribution in [0, 0.1) is 0 Å². The Morgan fingerprint density at radius 2 is 1.86 bits per heavy atom. The van der Waals surface area contributed by atoms with Gasteiger partial charge >= 0.3 is 5.97 Å². The monoisotopic (exact) mass is 485 g/mol. The Morgan fingerprint density at radius 3 is 2.57 bits per heavy atom. The van der Waals surface area contributed by atoms with Crippen LogP contribution in [-0.2, 0) is 14.3 Å². The van der Waals surface area contributed by atoms with Crippen molar-refractivity contribution in [3.63, 3.8) is 0 Å². The molecular formula is C27H23N3O4S. The third-order valence-corrected chi connectivity index (χ3v) is 7.12. The van der Waals surface area contributed by atoms with E-state index in [1.54, 1.807) is 24.8 Å². The molecule has 1 amide bonds. The standard InChI is InChI=1S/C27H23N3O4S/c1-4-15-29-19-14-10-9-13-18(19)21(24(29)31)23-25(32)30-22(17-11-7-6-8-12-17)20(26(33)34-5-2)16(3)28-27(30)35-23/h4,6-14,22H,1,5,15H2,2-3H3/b23-21-. The van der Waals surface area contributed by atoms with Crippen LogP contribution in [0.5, 0.6) is 0 Å². The molecule has 1 aromatic heterocycles. The Kier molecular flexibility index (Phi) is 5.82. The van der Waals surface area contributed by atoms with Gasteiger partial charge in [0.25, 0.3) is 11.5 Å². The fourth-order valence-corrected chi connectivity index (χ4v) is 5.74. The first-order valence-electron chi connectivity index (χ1n) is 11.3. The molecule has 0 aliphatic carbocycles. The van der Waals surface area contributed by atoms with Crippen molar-refractivity contribution >= 4 is 34.5 Å². The average Bonchev–Trinajstić information content (AvgIpc) is 3.32. The Labute approximate surface area is 205 Å². The summed E-state index contributed by atoms with van der Waals surface area (Å²) in [5.41, 5.74) is 2.97. The summed E-state index contributed by atoms with van der Waals surface area (Å²) in [6.07, 6.45) is 1.66. The number of ether oxygens (including phenoxy) is 1. The molecule has 2 aromatic carbocycles. The van der Waals surface area contributed by atoms with Gasteiger partial charge in [0.2, 0.25) is 0 Å². The molecule has 5 rings (SSSR count). The number of esters is 1. The van der Waals surface area contributed by atoms with Gasteiger partial charge in [0.05, 0.1) is 35.2 Å². The summed E-state index contributed by atoms with van der Waals surface area (Å²) in [6, 6.07) is 16.0. The second-order valence-electron chi connectivity index (χ2n) is 8.13. The molecule has 0 radical (unpaired) electrons. The van der Waals surface area contributed by atoms with E-state index in [0.717, 1.165) is 22.6 Å². The zero-order chi connectivity index (χ0) is 24.7. The van der Waals surface area contributed by atoms with Gasteiger partial charge in [0.1, 0.15) is 4.53 Å². The predicted octanol–water partition coefficient (Wildman–Crippen LogP) is 2.70. The van der Waals surface area contributed by atoms with E-state index in [1.807, 2.05) is 54.6 Å². The lowest BCUT2D eigenvalue weighted by Crippen LogP contribution is -2.41. The number of amides is 1. The number of thiazole rings is 1. The number of para-hydroxylation sites is 1. The maximum atomic E-state index is 14.0. The van der Waals surface area contributed by atoms with Crippen molar-refractivity contribution in [2.45, 2.75) is 19.9 Å². The van der Waals surface area contributed by atoms with Crippen LogP contribution in [0.3, 0.4) is 0 Å². The molecular weight excluding hydrogens is 462 g/mol. The van der Waals surface area contributed by atoms with Crippen molar-refractivity contribution in [1.82, 2.24) is 4.57 Å². The van der Waals surface area contributed by atoms with Crippen molar-refractivity contribution in [2.24, 2.45) is 4.99 Å². The van der Waals surface area contributed by atoms with Crippen molar-refractivity contribution in [3.8, 4) is 0 Å². The zero-order valence-electron chi connectivity index (χ0n) is 19.4. The zero-order valence-corrected chi connectivity index (χ0v) is 20.2. The molecule has 176 valence electrons. The van der Waals surface area contributed by atoms with E-state index in [0.29, 0.717) is 38.3 Å². The fraction of sp³-hybridized carbons (Fsp3) is 0.185. The number of fused-ring (bicyclic) bond motifs is 2. The lowest BCUT2D eigenvalue weighted by atomic mass is 9.96. The van der Waals surface area contributed by atoms with Crippen LogP contribution in [0.15, 0.2) is 88.3 Å². The van der Waals surface area contributed by atoms with E-state index in [4.69, 9.17) is 4.74 Å². The molecule has 0 N–H and O–H groups in total. The van der Waals surface area contributed by atoms with Crippen molar-refractivity contribution in [3.05, 3.63) is 109 Å². The molecule has 1 unspecified atom stereocenters. The number of carbonyl (C=O) groups is 2. The van der Waals surface area contributed by atoms with Gasteiger partial charge in [-0.25, -0.2) is 9.79 Å². The molecule has 8 heteroatoms.